The molecule has 1 aliphatic carbocycles. The smallest absolute Gasteiger partial charge is 0.237 e. The maximum Gasteiger partial charge on any atom is 0.237 e. The lowest BCUT2D eigenvalue weighted by Crippen LogP contribution is -2.46. The summed E-state index contributed by atoms with van der Waals surface area (Å²) < 4.78 is 0. The minimum Gasteiger partial charge on any atom is -0.390 e. The Morgan fingerprint density at radius 1 is 1.42 bits per heavy atom. The van der Waals surface area contributed by atoms with E-state index in [0.717, 1.165) is 11.1 Å². The second-order valence-electron chi connectivity index (χ2n) is 5.23. The van der Waals surface area contributed by atoms with E-state index in [1.54, 1.807) is 0 Å². The lowest BCUT2D eigenvalue weighted by Gasteiger charge is -2.22. The molecule has 0 saturated carbocycles. The molecule has 5 heteroatoms. The highest BCUT2D eigenvalue weighted by molar-refractivity contribution is 5.85. The maximum atomic E-state index is 11.9. The van der Waals surface area contributed by atoms with Crippen LogP contribution in [0.3, 0.4) is 0 Å². The monoisotopic (exact) mass is 284 g/mol. The summed E-state index contributed by atoms with van der Waals surface area (Å²) in [6, 6.07) is 6.90. The predicted octanol–water partition coefficient (Wildman–Crippen LogP) is 1.17. The Labute approximate surface area is 119 Å². The first-order valence-electron chi connectivity index (χ1n) is 6.32. The van der Waals surface area contributed by atoms with Gasteiger partial charge in [-0.2, -0.15) is 0 Å². The highest BCUT2D eigenvalue weighted by Gasteiger charge is 2.33. The van der Waals surface area contributed by atoms with Crippen LogP contribution in [0.15, 0.2) is 24.3 Å². The maximum absolute atomic E-state index is 11.9. The second-order valence-corrected chi connectivity index (χ2v) is 5.23. The summed E-state index contributed by atoms with van der Waals surface area (Å²) in [6.07, 6.45) is 0.0172. The third-order valence-corrected chi connectivity index (χ3v) is 3.52. The first kappa shape index (κ1) is 16.0. The minimum absolute atomic E-state index is 0. The van der Waals surface area contributed by atoms with Gasteiger partial charge in [-0.05, 0) is 17.0 Å². The molecule has 19 heavy (non-hydrogen) atoms. The van der Waals surface area contributed by atoms with Crippen LogP contribution in [-0.2, 0) is 11.2 Å². The van der Waals surface area contributed by atoms with E-state index >= 15 is 0 Å². The van der Waals surface area contributed by atoms with Crippen LogP contribution in [0.1, 0.15) is 31.0 Å². The standard InChI is InChI=1S/C14H20N2O2.ClH/c1-8(2)12(15)14(18)16-13-10-6-4-3-5-9(10)7-11(13)17;/h3-6,8,11-13,17H,7,15H2,1-2H3,(H,16,18);1H/t11-,12?,13+;/m1./s1. The van der Waals surface area contributed by atoms with E-state index in [1.807, 2.05) is 38.1 Å². The van der Waals surface area contributed by atoms with Crippen LogP contribution in [0, 0.1) is 5.92 Å². The Morgan fingerprint density at radius 2 is 2.05 bits per heavy atom. The van der Waals surface area contributed by atoms with Crippen molar-refractivity contribution in [3.05, 3.63) is 35.4 Å². The number of halogens is 1. The van der Waals surface area contributed by atoms with Crippen molar-refractivity contribution >= 4 is 18.3 Å². The third-order valence-electron chi connectivity index (χ3n) is 3.52. The molecule has 1 aromatic rings. The van der Waals surface area contributed by atoms with E-state index in [4.69, 9.17) is 5.73 Å². The summed E-state index contributed by atoms with van der Waals surface area (Å²) in [6.45, 7) is 3.81. The molecule has 1 aromatic carbocycles. The molecule has 1 aliphatic rings. The Hall–Kier alpha value is -1.10. The number of amides is 1. The van der Waals surface area contributed by atoms with Gasteiger partial charge in [0, 0.05) is 6.42 Å². The van der Waals surface area contributed by atoms with E-state index in [9.17, 15) is 9.90 Å². The molecular formula is C14H21ClN2O2. The second kappa shape index (κ2) is 6.37. The van der Waals surface area contributed by atoms with Crippen molar-refractivity contribution in [2.24, 2.45) is 11.7 Å². The SMILES string of the molecule is CC(C)C(N)C(=O)N[C@H]1c2ccccc2C[C@H]1O.Cl. The van der Waals surface area contributed by atoms with Gasteiger partial charge in [0.25, 0.3) is 0 Å². The third kappa shape index (κ3) is 3.26. The highest BCUT2D eigenvalue weighted by Crippen LogP contribution is 2.31. The van der Waals surface area contributed by atoms with Gasteiger partial charge in [-0.15, -0.1) is 12.4 Å². The molecule has 0 fully saturated rings. The average Bonchev–Trinajstić information content (AvgIpc) is 2.65. The van der Waals surface area contributed by atoms with Crippen LogP contribution in [0.5, 0.6) is 0 Å². The molecule has 0 aromatic heterocycles. The number of rotatable bonds is 3. The van der Waals surface area contributed by atoms with Gasteiger partial charge in [-0.3, -0.25) is 4.79 Å². The molecule has 1 amide bonds. The molecule has 0 aliphatic heterocycles. The first-order chi connectivity index (χ1) is 8.50. The van der Waals surface area contributed by atoms with Gasteiger partial charge in [0.1, 0.15) is 0 Å². The van der Waals surface area contributed by atoms with Crippen molar-refractivity contribution in [1.29, 1.82) is 0 Å². The van der Waals surface area contributed by atoms with E-state index in [-0.39, 0.29) is 30.3 Å². The molecule has 4 nitrogen and oxygen atoms in total. The highest BCUT2D eigenvalue weighted by atomic mass is 35.5. The van der Waals surface area contributed by atoms with Gasteiger partial charge in [-0.25, -0.2) is 0 Å². The van der Waals surface area contributed by atoms with Crippen molar-refractivity contribution < 1.29 is 9.90 Å². The molecule has 3 atom stereocenters. The fraction of sp³-hybridized carbons (Fsp3) is 0.500. The zero-order valence-electron chi connectivity index (χ0n) is 11.2. The molecule has 0 bridgehead atoms. The summed E-state index contributed by atoms with van der Waals surface area (Å²) >= 11 is 0. The lowest BCUT2D eigenvalue weighted by atomic mass is 10.0. The fourth-order valence-corrected chi connectivity index (χ4v) is 2.30. The van der Waals surface area contributed by atoms with E-state index in [2.05, 4.69) is 5.32 Å². The summed E-state index contributed by atoms with van der Waals surface area (Å²) in [4.78, 5) is 11.9. The van der Waals surface area contributed by atoms with Crippen LogP contribution in [0.4, 0.5) is 0 Å². The molecule has 2 rings (SSSR count). The topological polar surface area (TPSA) is 75.4 Å². The molecule has 0 heterocycles. The molecule has 4 N–H and O–H groups in total. The van der Waals surface area contributed by atoms with E-state index in [0.29, 0.717) is 6.42 Å². The average molecular weight is 285 g/mol. The fourth-order valence-electron chi connectivity index (χ4n) is 2.30. The van der Waals surface area contributed by atoms with Crippen molar-refractivity contribution in [3.8, 4) is 0 Å². The van der Waals surface area contributed by atoms with E-state index < -0.39 is 12.1 Å². The normalized spacial score (nSPS) is 22.6. The van der Waals surface area contributed by atoms with E-state index in [1.165, 1.54) is 0 Å². The Bertz CT molecular complexity index is 451. The summed E-state index contributed by atoms with van der Waals surface area (Å²) in [5.41, 5.74) is 7.90. The van der Waals surface area contributed by atoms with Crippen LogP contribution < -0.4 is 11.1 Å². The van der Waals surface area contributed by atoms with Gasteiger partial charge in [0.05, 0.1) is 18.2 Å². The number of carbonyl (C=O) groups excluding carboxylic acids is 1. The molecule has 0 spiro atoms. The number of carbonyl (C=O) groups is 1. The number of benzene rings is 1. The van der Waals surface area contributed by atoms with Crippen LogP contribution in [0.2, 0.25) is 0 Å². The van der Waals surface area contributed by atoms with Crippen LogP contribution >= 0.6 is 12.4 Å². The Kier molecular flexibility index (Phi) is 5.35. The minimum atomic E-state index is -0.564. The number of nitrogens with one attached hydrogen (secondary N) is 1. The van der Waals surface area contributed by atoms with Crippen molar-refractivity contribution in [3.63, 3.8) is 0 Å². The van der Waals surface area contributed by atoms with Gasteiger partial charge < -0.3 is 16.2 Å². The molecule has 1 unspecified atom stereocenters. The zero-order valence-corrected chi connectivity index (χ0v) is 12.0. The predicted molar refractivity (Wildman–Crippen MR) is 77.1 cm³/mol. The Morgan fingerprint density at radius 3 is 2.68 bits per heavy atom. The van der Waals surface area contributed by atoms with Gasteiger partial charge >= 0.3 is 0 Å². The molecular weight excluding hydrogens is 264 g/mol. The van der Waals surface area contributed by atoms with Crippen molar-refractivity contribution in [2.75, 3.05) is 0 Å². The molecule has 0 saturated heterocycles. The number of aliphatic hydroxyl groups is 1. The Balaban J connectivity index is 0.00000180. The van der Waals surface area contributed by atoms with Gasteiger partial charge in [0.2, 0.25) is 5.91 Å². The van der Waals surface area contributed by atoms with Crippen molar-refractivity contribution in [1.82, 2.24) is 5.32 Å². The number of fused-ring (bicyclic) bond motifs is 1. The molecule has 0 radical (unpaired) electrons. The quantitative estimate of drug-likeness (QED) is 0.780. The summed E-state index contributed by atoms with van der Waals surface area (Å²) in [5, 5.41) is 12.9. The largest absolute Gasteiger partial charge is 0.390 e. The van der Waals surface area contributed by atoms with Crippen molar-refractivity contribution in [2.45, 2.75) is 38.5 Å². The summed E-state index contributed by atoms with van der Waals surface area (Å²) in [7, 11) is 0. The number of hydrogen-bond donors (Lipinski definition) is 3. The van der Waals surface area contributed by atoms with Gasteiger partial charge in [-0.1, -0.05) is 38.1 Å². The van der Waals surface area contributed by atoms with Gasteiger partial charge in [0.15, 0.2) is 0 Å². The number of nitrogens with two attached hydrogens (primary N) is 1. The first-order valence-corrected chi connectivity index (χ1v) is 6.32. The van der Waals surface area contributed by atoms with Crippen LogP contribution in [0.25, 0.3) is 0 Å². The number of aliphatic hydroxyl groups excluding tert-OH is 1. The lowest BCUT2D eigenvalue weighted by molar-refractivity contribution is -0.124. The zero-order chi connectivity index (χ0) is 13.3. The number of hydrogen-bond acceptors (Lipinski definition) is 3. The summed E-state index contributed by atoms with van der Waals surface area (Å²) in [5.74, 6) is -0.121. The van der Waals surface area contributed by atoms with Crippen LogP contribution in [-0.4, -0.2) is 23.2 Å². The molecule has 106 valence electrons.